The zero-order valence-electron chi connectivity index (χ0n) is 9.43. The van der Waals surface area contributed by atoms with Gasteiger partial charge >= 0.3 is 0 Å². The molecule has 1 aromatic rings. The molecule has 1 atom stereocenters. The van der Waals surface area contributed by atoms with Crippen molar-refractivity contribution in [3.8, 4) is 0 Å². The summed E-state index contributed by atoms with van der Waals surface area (Å²) in [6, 6.07) is 2.29. The molecule has 1 rings (SSSR count). The van der Waals surface area contributed by atoms with E-state index in [1.807, 2.05) is 16.9 Å². The predicted molar refractivity (Wildman–Crippen MR) is 58.6 cm³/mol. The lowest BCUT2D eigenvalue weighted by atomic mass is 10.1. The van der Waals surface area contributed by atoms with E-state index in [-0.39, 0.29) is 6.61 Å². The molecular formula is C11H20N2O2. The molecular weight excluding hydrogens is 192 g/mol. The van der Waals surface area contributed by atoms with Crippen LogP contribution in [0, 0.1) is 0 Å². The van der Waals surface area contributed by atoms with E-state index < -0.39 is 6.10 Å². The first-order chi connectivity index (χ1) is 7.13. The molecule has 0 spiro atoms. The highest BCUT2D eigenvalue weighted by Gasteiger charge is 2.08. The molecule has 0 aromatic carbocycles. The molecule has 0 radical (unpaired) electrons. The normalized spacial score (nSPS) is 13.4. The number of hydrogen-bond donors (Lipinski definition) is 2. The monoisotopic (exact) mass is 212 g/mol. The predicted octanol–water partition coefficient (Wildman–Crippen LogP) is 1.14. The molecule has 0 aliphatic carbocycles. The van der Waals surface area contributed by atoms with Gasteiger partial charge in [-0.2, -0.15) is 5.10 Å². The van der Waals surface area contributed by atoms with Gasteiger partial charge in [0.25, 0.3) is 0 Å². The standard InChI is InChI=1S/C11H20N2O2/c1-9(2)13-6-5-10(12-13)8-11(15)4-3-7-14/h5-6,9,11,14-15H,3-4,7-8H2,1-2H3. The van der Waals surface area contributed by atoms with Crippen LogP contribution >= 0.6 is 0 Å². The second-order valence-electron chi connectivity index (χ2n) is 4.10. The molecule has 0 amide bonds. The van der Waals surface area contributed by atoms with E-state index in [2.05, 4.69) is 18.9 Å². The lowest BCUT2D eigenvalue weighted by molar-refractivity contribution is 0.148. The average molecular weight is 212 g/mol. The molecule has 1 aromatic heterocycles. The van der Waals surface area contributed by atoms with Gasteiger partial charge in [-0.15, -0.1) is 0 Å². The van der Waals surface area contributed by atoms with Gasteiger partial charge in [-0.05, 0) is 32.8 Å². The smallest absolute Gasteiger partial charge is 0.0650 e. The molecule has 4 nitrogen and oxygen atoms in total. The minimum absolute atomic E-state index is 0.136. The van der Waals surface area contributed by atoms with Crippen LogP contribution in [0.2, 0.25) is 0 Å². The van der Waals surface area contributed by atoms with Gasteiger partial charge < -0.3 is 10.2 Å². The van der Waals surface area contributed by atoms with Crippen molar-refractivity contribution in [2.24, 2.45) is 0 Å². The van der Waals surface area contributed by atoms with Crippen molar-refractivity contribution in [3.05, 3.63) is 18.0 Å². The first kappa shape index (κ1) is 12.2. The minimum Gasteiger partial charge on any atom is -0.396 e. The van der Waals surface area contributed by atoms with Crippen LogP contribution in [0.1, 0.15) is 38.4 Å². The molecule has 86 valence electrons. The van der Waals surface area contributed by atoms with Crippen molar-refractivity contribution in [3.63, 3.8) is 0 Å². The Labute approximate surface area is 90.5 Å². The molecule has 2 N–H and O–H groups in total. The fraction of sp³-hybridized carbons (Fsp3) is 0.727. The van der Waals surface area contributed by atoms with Crippen LogP contribution in [-0.2, 0) is 6.42 Å². The Morgan fingerprint density at radius 1 is 1.47 bits per heavy atom. The van der Waals surface area contributed by atoms with E-state index in [1.54, 1.807) is 0 Å². The van der Waals surface area contributed by atoms with E-state index in [0.717, 1.165) is 5.69 Å². The Morgan fingerprint density at radius 3 is 2.73 bits per heavy atom. The first-order valence-corrected chi connectivity index (χ1v) is 5.46. The topological polar surface area (TPSA) is 58.3 Å². The largest absolute Gasteiger partial charge is 0.396 e. The van der Waals surface area contributed by atoms with E-state index in [0.29, 0.717) is 25.3 Å². The summed E-state index contributed by atoms with van der Waals surface area (Å²) in [7, 11) is 0. The molecule has 4 heteroatoms. The second kappa shape index (κ2) is 5.88. The van der Waals surface area contributed by atoms with Crippen LogP contribution in [0.4, 0.5) is 0 Å². The van der Waals surface area contributed by atoms with Gasteiger partial charge in [0.2, 0.25) is 0 Å². The van der Waals surface area contributed by atoms with Gasteiger partial charge in [0.15, 0.2) is 0 Å². The summed E-state index contributed by atoms with van der Waals surface area (Å²) in [6.45, 7) is 4.27. The molecule has 1 heterocycles. The summed E-state index contributed by atoms with van der Waals surface area (Å²) in [5.41, 5.74) is 0.911. The molecule has 0 bridgehead atoms. The summed E-state index contributed by atoms with van der Waals surface area (Å²) in [4.78, 5) is 0. The van der Waals surface area contributed by atoms with Gasteiger partial charge in [-0.1, -0.05) is 0 Å². The van der Waals surface area contributed by atoms with Crippen molar-refractivity contribution < 1.29 is 10.2 Å². The fourth-order valence-corrected chi connectivity index (χ4v) is 1.44. The third-order valence-electron chi connectivity index (χ3n) is 2.33. The van der Waals surface area contributed by atoms with Crippen LogP contribution in [0.5, 0.6) is 0 Å². The van der Waals surface area contributed by atoms with Crippen LogP contribution in [0.3, 0.4) is 0 Å². The Kier molecular flexibility index (Phi) is 4.78. The molecule has 0 saturated heterocycles. The fourth-order valence-electron chi connectivity index (χ4n) is 1.44. The zero-order chi connectivity index (χ0) is 11.3. The van der Waals surface area contributed by atoms with Crippen molar-refractivity contribution in [1.29, 1.82) is 0 Å². The maximum atomic E-state index is 9.62. The maximum absolute atomic E-state index is 9.62. The van der Waals surface area contributed by atoms with Crippen LogP contribution in [0.15, 0.2) is 12.3 Å². The summed E-state index contributed by atoms with van der Waals surface area (Å²) < 4.78 is 1.88. The lowest BCUT2D eigenvalue weighted by Crippen LogP contribution is -2.12. The summed E-state index contributed by atoms with van der Waals surface area (Å²) in [6.07, 6.45) is 3.38. The van der Waals surface area contributed by atoms with E-state index in [1.165, 1.54) is 0 Å². The second-order valence-corrected chi connectivity index (χ2v) is 4.10. The Hall–Kier alpha value is -0.870. The summed E-state index contributed by atoms with van der Waals surface area (Å²) in [5.74, 6) is 0. The SMILES string of the molecule is CC(C)n1ccc(CC(O)CCCO)n1. The van der Waals surface area contributed by atoms with Gasteiger partial charge in [0, 0.05) is 25.3 Å². The van der Waals surface area contributed by atoms with Crippen LogP contribution in [0.25, 0.3) is 0 Å². The third kappa shape index (κ3) is 4.01. The maximum Gasteiger partial charge on any atom is 0.0650 e. The Balaban J connectivity index is 2.42. The molecule has 0 saturated carbocycles. The average Bonchev–Trinajstić information content (AvgIpc) is 2.63. The van der Waals surface area contributed by atoms with Gasteiger partial charge in [0.1, 0.15) is 0 Å². The number of aliphatic hydroxyl groups excluding tert-OH is 2. The first-order valence-electron chi connectivity index (χ1n) is 5.46. The number of rotatable bonds is 6. The quantitative estimate of drug-likeness (QED) is 0.743. The summed E-state index contributed by atoms with van der Waals surface area (Å²) in [5, 5.41) is 22.6. The van der Waals surface area contributed by atoms with E-state index >= 15 is 0 Å². The van der Waals surface area contributed by atoms with Gasteiger partial charge in [0.05, 0.1) is 11.8 Å². The van der Waals surface area contributed by atoms with Crippen LogP contribution in [-0.4, -0.2) is 32.7 Å². The number of hydrogen-bond acceptors (Lipinski definition) is 3. The zero-order valence-corrected chi connectivity index (χ0v) is 9.43. The third-order valence-corrected chi connectivity index (χ3v) is 2.33. The van der Waals surface area contributed by atoms with E-state index in [9.17, 15) is 5.11 Å². The highest BCUT2D eigenvalue weighted by atomic mass is 16.3. The van der Waals surface area contributed by atoms with Crippen molar-refractivity contribution in [2.75, 3.05) is 6.61 Å². The van der Waals surface area contributed by atoms with Crippen LogP contribution < -0.4 is 0 Å². The van der Waals surface area contributed by atoms with Crippen molar-refractivity contribution >= 4 is 0 Å². The van der Waals surface area contributed by atoms with E-state index in [4.69, 9.17) is 5.11 Å². The molecule has 0 aliphatic rings. The molecule has 0 aliphatic heterocycles. The Morgan fingerprint density at radius 2 is 2.20 bits per heavy atom. The minimum atomic E-state index is -0.396. The van der Waals surface area contributed by atoms with Gasteiger partial charge in [-0.3, -0.25) is 4.68 Å². The molecule has 0 fully saturated rings. The number of aromatic nitrogens is 2. The summed E-state index contributed by atoms with van der Waals surface area (Å²) >= 11 is 0. The highest BCUT2D eigenvalue weighted by molar-refractivity contribution is 5.01. The van der Waals surface area contributed by atoms with Gasteiger partial charge in [-0.25, -0.2) is 0 Å². The number of aliphatic hydroxyl groups is 2. The van der Waals surface area contributed by atoms with Crippen molar-refractivity contribution in [2.45, 2.75) is 45.3 Å². The number of nitrogens with zero attached hydrogens (tertiary/aromatic N) is 2. The Bertz CT molecular complexity index is 284. The molecule has 1 unspecified atom stereocenters. The van der Waals surface area contributed by atoms with Crippen molar-refractivity contribution in [1.82, 2.24) is 9.78 Å². The lowest BCUT2D eigenvalue weighted by Gasteiger charge is -2.07. The highest BCUT2D eigenvalue weighted by Crippen LogP contribution is 2.08. The molecule has 15 heavy (non-hydrogen) atoms.